The highest BCUT2D eigenvalue weighted by Gasteiger charge is 2.09. The zero-order valence-corrected chi connectivity index (χ0v) is 13.1. The van der Waals surface area contributed by atoms with Crippen LogP contribution in [0.3, 0.4) is 0 Å². The molecule has 0 saturated heterocycles. The molecule has 0 aliphatic rings. The predicted octanol–water partition coefficient (Wildman–Crippen LogP) is 2.09. The fourth-order valence-electron chi connectivity index (χ4n) is 2.11. The molecule has 0 aliphatic heterocycles. The summed E-state index contributed by atoms with van der Waals surface area (Å²) in [4.78, 5) is 11.9. The highest BCUT2D eigenvalue weighted by Crippen LogP contribution is 2.23. The summed E-state index contributed by atoms with van der Waals surface area (Å²) >= 11 is 0. The van der Waals surface area contributed by atoms with E-state index < -0.39 is 0 Å². The number of nitrogens with two attached hydrogens (primary N) is 1. The maximum atomic E-state index is 11.9. The van der Waals surface area contributed by atoms with Gasteiger partial charge in [-0.3, -0.25) is 4.79 Å². The number of nitrogens with one attached hydrogen (secondary N) is 1. The van der Waals surface area contributed by atoms with Gasteiger partial charge in [-0.25, -0.2) is 0 Å². The Balaban J connectivity index is 2.48. The van der Waals surface area contributed by atoms with E-state index in [2.05, 4.69) is 12.2 Å². The van der Waals surface area contributed by atoms with E-state index in [1.807, 2.05) is 18.2 Å². The van der Waals surface area contributed by atoms with Gasteiger partial charge < -0.3 is 20.5 Å². The lowest BCUT2D eigenvalue weighted by atomic mass is 10.0. The maximum Gasteiger partial charge on any atom is 0.220 e. The molecule has 0 heterocycles. The fourth-order valence-corrected chi connectivity index (χ4v) is 2.11. The van der Waals surface area contributed by atoms with Gasteiger partial charge in [0, 0.05) is 18.5 Å². The minimum absolute atomic E-state index is 0.0451. The Hall–Kier alpha value is -1.75. The summed E-state index contributed by atoms with van der Waals surface area (Å²) in [6.07, 6.45) is 2.34. The lowest BCUT2D eigenvalue weighted by molar-refractivity contribution is -0.121. The van der Waals surface area contributed by atoms with Crippen molar-refractivity contribution in [2.45, 2.75) is 32.7 Å². The molecule has 1 aromatic rings. The van der Waals surface area contributed by atoms with Crippen LogP contribution in [-0.2, 0) is 11.3 Å². The Bertz CT molecular complexity index is 449. The van der Waals surface area contributed by atoms with Crippen LogP contribution in [-0.4, -0.2) is 26.7 Å². The number of hydrogen-bond acceptors (Lipinski definition) is 4. The smallest absolute Gasteiger partial charge is 0.220 e. The van der Waals surface area contributed by atoms with E-state index in [-0.39, 0.29) is 5.91 Å². The van der Waals surface area contributed by atoms with E-state index in [0.29, 0.717) is 25.4 Å². The highest BCUT2D eigenvalue weighted by molar-refractivity contribution is 5.75. The van der Waals surface area contributed by atoms with Crippen LogP contribution >= 0.6 is 0 Å². The molecule has 3 N–H and O–H groups in total. The van der Waals surface area contributed by atoms with E-state index in [1.165, 1.54) is 0 Å². The largest absolute Gasteiger partial charge is 0.497 e. The molecule has 0 bridgehead atoms. The van der Waals surface area contributed by atoms with Gasteiger partial charge >= 0.3 is 0 Å². The minimum atomic E-state index is 0.0451. The first-order valence-electron chi connectivity index (χ1n) is 7.28. The summed E-state index contributed by atoms with van der Waals surface area (Å²) in [6, 6.07) is 5.54. The fraction of sp³-hybridized carbons (Fsp3) is 0.562. The van der Waals surface area contributed by atoms with Crippen LogP contribution in [0.5, 0.6) is 11.5 Å². The molecule has 1 unspecified atom stereocenters. The first-order valence-corrected chi connectivity index (χ1v) is 7.28. The van der Waals surface area contributed by atoms with Crippen molar-refractivity contribution in [2.24, 2.45) is 11.7 Å². The normalized spacial score (nSPS) is 11.8. The third kappa shape index (κ3) is 6.04. The molecule has 0 aliphatic carbocycles. The second-order valence-corrected chi connectivity index (χ2v) is 5.18. The molecule has 0 fully saturated rings. The number of benzene rings is 1. The zero-order valence-electron chi connectivity index (χ0n) is 13.1. The first-order chi connectivity index (χ1) is 10.1. The molecular weight excluding hydrogens is 268 g/mol. The van der Waals surface area contributed by atoms with Gasteiger partial charge in [0.15, 0.2) is 0 Å². The number of methoxy groups -OCH3 is 2. The molecule has 1 amide bonds. The van der Waals surface area contributed by atoms with Crippen molar-refractivity contribution in [1.82, 2.24) is 5.32 Å². The van der Waals surface area contributed by atoms with Gasteiger partial charge in [-0.05, 0) is 43.5 Å². The van der Waals surface area contributed by atoms with Gasteiger partial charge in [-0.1, -0.05) is 6.92 Å². The number of hydrogen-bond donors (Lipinski definition) is 2. The van der Waals surface area contributed by atoms with E-state index in [4.69, 9.17) is 15.2 Å². The lowest BCUT2D eigenvalue weighted by Gasteiger charge is -2.12. The van der Waals surface area contributed by atoms with Crippen LogP contribution in [0.4, 0.5) is 0 Å². The van der Waals surface area contributed by atoms with Crippen molar-refractivity contribution < 1.29 is 14.3 Å². The van der Waals surface area contributed by atoms with Crippen LogP contribution < -0.4 is 20.5 Å². The van der Waals surface area contributed by atoms with Crippen molar-refractivity contribution in [2.75, 3.05) is 20.8 Å². The number of rotatable bonds is 9. The van der Waals surface area contributed by atoms with E-state index in [0.717, 1.165) is 29.9 Å². The summed E-state index contributed by atoms with van der Waals surface area (Å²) in [7, 11) is 3.23. The number of carbonyl (C=O) groups is 1. The van der Waals surface area contributed by atoms with Crippen molar-refractivity contribution >= 4 is 5.91 Å². The lowest BCUT2D eigenvalue weighted by Crippen LogP contribution is -2.23. The Morgan fingerprint density at radius 1 is 1.29 bits per heavy atom. The van der Waals surface area contributed by atoms with Gasteiger partial charge in [0.2, 0.25) is 5.91 Å². The van der Waals surface area contributed by atoms with Crippen molar-refractivity contribution in [1.29, 1.82) is 0 Å². The van der Waals surface area contributed by atoms with E-state index >= 15 is 0 Å². The van der Waals surface area contributed by atoms with Gasteiger partial charge in [-0.2, -0.15) is 0 Å². The molecule has 1 atom stereocenters. The highest BCUT2D eigenvalue weighted by atomic mass is 16.5. The summed E-state index contributed by atoms with van der Waals surface area (Å²) in [6.45, 7) is 3.22. The average molecular weight is 294 g/mol. The van der Waals surface area contributed by atoms with Gasteiger partial charge in [-0.15, -0.1) is 0 Å². The second-order valence-electron chi connectivity index (χ2n) is 5.18. The molecule has 0 saturated carbocycles. The topological polar surface area (TPSA) is 73.6 Å². The minimum Gasteiger partial charge on any atom is -0.497 e. The molecule has 5 heteroatoms. The Kier molecular flexibility index (Phi) is 7.61. The third-order valence-corrected chi connectivity index (χ3v) is 3.49. The number of amides is 1. The summed E-state index contributed by atoms with van der Waals surface area (Å²) < 4.78 is 10.5. The zero-order chi connectivity index (χ0) is 15.7. The quantitative estimate of drug-likeness (QED) is 0.731. The summed E-state index contributed by atoms with van der Waals surface area (Å²) in [5.74, 6) is 2.01. The van der Waals surface area contributed by atoms with Crippen LogP contribution in [0.2, 0.25) is 0 Å². The Morgan fingerprint density at radius 3 is 2.67 bits per heavy atom. The van der Waals surface area contributed by atoms with Crippen LogP contribution in [0.1, 0.15) is 31.7 Å². The molecule has 1 rings (SSSR count). The number of ether oxygens (including phenoxy) is 2. The van der Waals surface area contributed by atoms with Crippen LogP contribution in [0.15, 0.2) is 18.2 Å². The van der Waals surface area contributed by atoms with Gasteiger partial charge in [0.25, 0.3) is 0 Å². The third-order valence-electron chi connectivity index (χ3n) is 3.49. The van der Waals surface area contributed by atoms with Crippen molar-refractivity contribution in [3.63, 3.8) is 0 Å². The van der Waals surface area contributed by atoms with Crippen LogP contribution in [0, 0.1) is 5.92 Å². The SMILES string of the molecule is COc1ccc(OC)c(CNC(=O)CCC(C)CCN)c1. The van der Waals surface area contributed by atoms with Crippen molar-refractivity contribution in [3.05, 3.63) is 23.8 Å². The standard InChI is InChI=1S/C16H26N2O3/c1-12(8-9-17)4-7-16(19)18-11-13-10-14(20-2)5-6-15(13)21-3/h5-6,10,12H,4,7-9,11,17H2,1-3H3,(H,18,19). The first kappa shape index (κ1) is 17.3. The molecule has 21 heavy (non-hydrogen) atoms. The summed E-state index contributed by atoms with van der Waals surface area (Å²) in [5, 5.41) is 2.92. The monoisotopic (exact) mass is 294 g/mol. The van der Waals surface area contributed by atoms with Crippen molar-refractivity contribution in [3.8, 4) is 11.5 Å². The van der Waals surface area contributed by atoms with Gasteiger partial charge in [0.05, 0.1) is 14.2 Å². The predicted molar refractivity (Wildman–Crippen MR) is 83.5 cm³/mol. The van der Waals surface area contributed by atoms with E-state index in [9.17, 15) is 4.79 Å². The Morgan fingerprint density at radius 2 is 2.05 bits per heavy atom. The van der Waals surface area contributed by atoms with Crippen LogP contribution in [0.25, 0.3) is 0 Å². The molecule has 1 aromatic carbocycles. The average Bonchev–Trinajstić information content (AvgIpc) is 2.50. The summed E-state index contributed by atoms with van der Waals surface area (Å²) in [5.41, 5.74) is 6.41. The molecule has 0 spiro atoms. The molecule has 0 radical (unpaired) electrons. The molecule has 0 aromatic heterocycles. The Labute approximate surface area is 126 Å². The molecular formula is C16H26N2O3. The molecule has 118 valence electrons. The number of carbonyl (C=O) groups excluding carboxylic acids is 1. The van der Waals surface area contributed by atoms with Gasteiger partial charge in [0.1, 0.15) is 11.5 Å². The maximum absolute atomic E-state index is 11.9. The molecule has 5 nitrogen and oxygen atoms in total. The second kappa shape index (κ2) is 9.23. The van der Waals surface area contributed by atoms with E-state index in [1.54, 1.807) is 14.2 Å².